The molecule has 1 aliphatic rings. The Morgan fingerprint density at radius 2 is 2.29 bits per heavy atom. The monoisotopic (exact) mass is 190 g/mol. The van der Waals surface area contributed by atoms with Gasteiger partial charge in [-0.15, -0.1) is 0 Å². The van der Waals surface area contributed by atoms with Gasteiger partial charge in [0.15, 0.2) is 0 Å². The Labute approximate surface area is 83.5 Å². The Hall–Kier alpha value is -1.45. The first-order valence-corrected chi connectivity index (χ1v) is 4.87. The zero-order valence-electron chi connectivity index (χ0n) is 8.32. The van der Waals surface area contributed by atoms with Gasteiger partial charge in [0.1, 0.15) is 0 Å². The molecule has 1 saturated heterocycles. The van der Waals surface area contributed by atoms with Crippen molar-refractivity contribution in [3.8, 4) is 0 Å². The van der Waals surface area contributed by atoms with Crippen molar-refractivity contribution in [3.63, 3.8) is 0 Å². The molecule has 0 atom stereocenters. The van der Waals surface area contributed by atoms with Crippen LogP contribution in [0.5, 0.6) is 0 Å². The third-order valence-corrected chi connectivity index (χ3v) is 2.43. The standard InChI is InChI=1S/C10H14N4/c1-8-4-5-9(13-12-8)7-14-6-2-3-10(14)11/h4-5,11H,2-3,6-7H2,1H3. The Bertz CT molecular complexity index is 330. The number of nitrogens with one attached hydrogen (secondary N) is 1. The summed E-state index contributed by atoms with van der Waals surface area (Å²) in [5.74, 6) is 0.729. The number of rotatable bonds is 2. The van der Waals surface area contributed by atoms with E-state index >= 15 is 0 Å². The number of aryl methyl sites for hydroxylation is 1. The second kappa shape index (κ2) is 3.74. The molecule has 14 heavy (non-hydrogen) atoms. The summed E-state index contributed by atoms with van der Waals surface area (Å²) in [6, 6.07) is 3.94. The van der Waals surface area contributed by atoms with E-state index in [-0.39, 0.29) is 0 Å². The normalized spacial score (nSPS) is 16.4. The van der Waals surface area contributed by atoms with Crippen molar-refractivity contribution in [2.75, 3.05) is 6.54 Å². The number of hydrogen-bond acceptors (Lipinski definition) is 3. The average Bonchev–Trinajstić information content (AvgIpc) is 2.56. The minimum absolute atomic E-state index is 0.728. The lowest BCUT2D eigenvalue weighted by Gasteiger charge is -2.16. The van der Waals surface area contributed by atoms with Crippen LogP contribution in [0.25, 0.3) is 0 Å². The van der Waals surface area contributed by atoms with Crippen LogP contribution in [0.2, 0.25) is 0 Å². The highest BCUT2D eigenvalue weighted by Crippen LogP contribution is 2.12. The summed E-state index contributed by atoms with van der Waals surface area (Å²) >= 11 is 0. The summed E-state index contributed by atoms with van der Waals surface area (Å²) in [5, 5.41) is 15.8. The van der Waals surface area contributed by atoms with Crippen LogP contribution in [0.3, 0.4) is 0 Å². The quantitative estimate of drug-likeness (QED) is 0.766. The molecule has 1 aromatic rings. The summed E-state index contributed by atoms with van der Waals surface area (Å²) in [6.45, 7) is 3.63. The van der Waals surface area contributed by atoms with E-state index in [9.17, 15) is 0 Å². The van der Waals surface area contributed by atoms with Gasteiger partial charge in [-0.05, 0) is 25.5 Å². The zero-order valence-corrected chi connectivity index (χ0v) is 8.32. The van der Waals surface area contributed by atoms with Gasteiger partial charge < -0.3 is 4.90 Å². The first-order valence-electron chi connectivity index (χ1n) is 4.87. The van der Waals surface area contributed by atoms with Crippen LogP contribution in [-0.2, 0) is 6.54 Å². The Morgan fingerprint density at radius 1 is 1.43 bits per heavy atom. The van der Waals surface area contributed by atoms with Crippen LogP contribution < -0.4 is 0 Å². The molecule has 0 radical (unpaired) electrons. The SMILES string of the molecule is Cc1ccc(CN2CCCC2=N)nn1. The summed E-state index contributed by atoms with van der Waals surface area (Å²) in [7, 11) is 0. The van der Waals surface area contributed by atoms with Gasteiger partial charge in [-0.25, -0.2) is 0 Å². The van der Waals surface area contributed by atoms with E-state index in [4.69, 9.17) is 5.41 Å². The zero-order chi connectivity index (χ0) is 9.97. The molecule has 0 aliphatic carbocycles. The molecule has 1 N–H and O–H groups in total. The van der Waals surface area contributed by atoms with Crippen LogP contribution in [-0.4, -0.2) is 27.5 Å². The summed E-state index contributed by atoms with van der Waals surface area (Å²) in [6.07, 6.45) is 2.00. The molecule has 1 aliphatic heterocycles. The van der Waals surface area contributed by atoms with Crippen LogP contribution in [0, 0.1) is 12.3 Å². The highest BCUT2D eigenvalue weighted by atomic mass is 15.2. The van der Waals surface area contributed by atoms with Crippen molar-refractivity contribution in [1.82, 2.24) is 15.1 Å². The average molecular weight is 190 g/mol. The number of likely N-dealkylation sites (tertiary alicyclic amines) is 1. The van der Waals surface area contributed by atoms with Crippen LogP contribution in [0.15, 0.2) is 12.1 Å². The molecule has 2 rings (SSSR count). The maximum atomic E-state index is 7.68. The third-order valence-electron chi connectivity index (χ3n) is 2.43. The maximum Gasteiger partial charge on any atom is 0.0961 e. The van der Waals surface area contributed by atoms with Crippen LogP contribution in [0.4, 0.5) is 0 Å². The first kappa shape index (κ1) is 9.12. The van der Waals surface area contributed by atoms with Gasteiger partial charge in [0.05, 0.1) is 23.8 Å². The van der Waals surface area contributed by atoms with Gasteiger partial charge >= 0.3 is 0 Å². The molecule has 0 aromatic carbocycles. The minimum atomic E-state index is 0.728. The maximum absolute atomic E-state index is 7.68. The van der Waals surface area contributed by atoms with E-state index < -0.39 is 0 Å². The largest absolute Gasteiger partial charge is 0.355 e. The molecule has 0 saturated carbocycles. The topological polar surface area (TPSA) is 52.9 Å². The fourth-order valence-corrected chi connectivity index (χ4v) is 1.61. The fourth-order valence-electron chi connectivity index (χ4n) is 1.61. The molecule has 0 spiro atoms. The number of nitrogens with zero attached hydrogens (tertiary/aromatic N) is 3. The molecule has 0 bridgehead atoms. The number of amidine groups is 1. The van der Waals surface area contributed by atoms with Crippen molar-refractivity contribution in [2.45, 2.75) is 26.3 Å². The van der Waals surface area contributed by atoms with Gasteiger partial charge in [-0.1, -0.05) is 0 Å². The van der Waals surface area contributed by atoms with Crippen molar-refractivity contribution in [1.29, 1.82) is 5.41 Å². The Morgan fingerprint density at radius 3 is 2.86 bits per heavy atom. The van der Waals surface area contributed by atoms with Crippen LogP contribution in [0.1, 0.15) is 24.2 Å². The Balaban J connectivity index is 2.03. The van der Waals surface area contributed by atoms with Gasteiger partial charge in [0, 0.05) is 13.0 Å². The van der Waals surface area contributed by atoms with E-state index in [1.165, 1.54) is 0 Å². The lowest BCUT2D eigenvalue weighted by molar-refractivity contribution is 0.437. The highest BCUT2D eigenvalue weighted by molar-refractivity contribution is 5.80. The summed E-state index contributed by atoms with van der Waals surface area (Å²) in [4.78, 5) is 2.05. The molecule has 4 nitrogen and oxygen atoms in total. The van der Waals surface area contributed by atoms with Crippen molar-refractivity contribution in [3.05, 3.63) is 23.5 Å². The smallest absolute Gasteiger partial charge is 0.0961 e. The summed E-state index contributed by atoms with van der Waals surface area (Å²) in [5.41, 5.74) is 1.88. The van der Waals surface area contributed by atoms with E-state index in [0.717, 1.165) is 43.2 Å². The Kier molecular flexibility index (Phi) is 2.43. The highest BCUT2D eigenvalue weighted by Gasteiger charge is 2.17. The van der Waals surface area contributed by atoms with E-state index in [2.05, 4.69) is 15.1 Å². The molecule has 2 heterocycles. The fraction of sp³-hybridized carbons (Fsp3) is 0.500. The van der Waals surface area contributed by atoms with Crippen molar-refractivity contribution in [2.24, 2.45) is 0 Å². The van der Waals surface area contributed by atoms with Gasteiger partial charge in [0.25, 0.3) is 0 Å². The molecule has 0 amide bonds. The number of aromatic nitrogens is 2. The second-order valence-corrected chi connectivity index (χ2v) is 3.64. The second-order valence-electron chi connectivity index (χ2n) is 3.64. The molecule has 1 fully saturated rings. The van der Waals surface area contributed by atoms with Gasteiger partial charge in [-0.3, -0.25) is 5.41 Å². The molecule has 4 heteroatoms. The third kappa shape index (κ3) is 1.89. The number of hydrogen-bond donors (Lipinski definition) is 1. The minimum Gasteiger partial charge on any atom is -0.355 e. The molecular weight excluding hydrogens is 176 g/mol. The van der Waals surface area contributed by atoms with E-state index in [1.54, 1.807) is 0 Å². The summed E-state index contributed by atoms with van der Waals surface area (Å²) < 4.78 is 0. The molecule has 0 unspecified atom stereocenters. The molecule has 74 valence electrons. The predicted octanol–water partition coefficient (Wildman–Crippen LogP) is 1.36. The van der Waals surface area contributed by atoms with E-state index in [0.29, 0.717) is 0 Å². The van der Waals surface area contributed by atoms with Gasteiger partial charge in [0.2, 0.25) is 0 Å². The first-order chi connectivity index (χ1) is 6.75. The predicted molar refractivity (Wildman–Crippen MR) is 54.1 cm³/mol. The molecule has 1 aromatic heterocycles. The molecular formula is C10H14N4. The van der Waals surface area contributed by atoms with Crippen molar-refractivity contribution < 1.29 is 0 Å². The lowest BCUT2D eigenvalue weighted by atomic mass is 10.3. The van der Waals surface area contributed by atoms with Crippen LogP contribution >= 0.6 is 0 Å². The lowest BCUT2D eigenvalue weighted by Crippen LogP contribution is -2.24. The van der Waals surface area contributed by atoms with E-state index in [1.807, 2.05) is 19.1 Å². The van der Waals surface area contributed by atoms with Crippen molar-refractivity contribution >= 4 is 5.84 Å². The van der Waals surface area contributed by atoms with Gasteiger partial charge in [-0.2, -0.15) is 10.2 Å².